The Labute approximate surface area is 118 Å². The van der Waals surface area contributed by atoms with Crippen molar-refractivity contribution in [2.45, 2.75) is 13.8 Å². The maximum Gasteiger partial charge on any atom is 0.234 e. The molecule has 0 N–H and O–H groups in total. The highest BCUT2D eigenvalue weighted by Gasteiger charge is 2.19. The molecule has 0 fully saturated rings. The van der Waals surface area contributed by atoms with Crippen LogP contribution in [0.1, 0.15) is 40.1 Å². The van der Waals surface area contributed by atoms with Crippen LogP contribution in [0, 0.1) is 0 Å². The molecule has 0 aliphatic heterocycles. The monoisotopic (exact) mass is 264 g/mol. The van der Waals surface area contributed by atoms with Gasteiger partial charge in [-0.1, -0.05) is 66.2 Å². The minimum absolute atomic E-state index is 0.421. The normalized spacial score (nSPS) is 9.90. The molecule has 0 saturated carbocycles. The van der Waals surface area contributed by atoms with E-state index in [9.17, 15) is 9.59 Å². The van der Waals surface area contributed by atoms with Gasteiger partial charge >= 0.3 is 0 Å². The van der Waals surface area contributed by atoms with Gasteiger partial charge in [-0.15, -0.1) is 0 Å². The third kappa shape index (κ3) is 3.09. The number of carbonyl (C=O) groups is 2. The highest BCUT2D eigenvalue weighted by Crippen LogP contribution is 2.16. The summed E-state index contributed by atoms with van der Waals surface area (Å²) in [7, 11) is 0. The zero-order valence-corrected chi connectivity index (χ0v) is 11.6. The van der Waals surface area contributed by atoms with Crippen molar-refractivity contribution >= 4 is 17.6 Å². The van der Waals surface area contributed by atoms with Crippen molar-refractivity contribution in [3.8, 4) is 0 Å². The van der Waals surface area contributed by atoms with Gasteiger partial charge in [0.25, 0.3) is 0 Å². The minimum atomic E-state index is -0.472. The summed E-state index contributed by atoms with van der Waals surface area (Å²) < 4.78 is 0. The molecule has 2 aromatic carbocycles. The summed E-state index contributed by atoms with van der Waals surface area (Å²) in [6, 6.07) is 15.8. The van der Waals surface area contributed by atoms with Crippen molar-refractivity contribution in [2.75, 3.05) is 0 Å². The molecule has 0 aromatic heterocycles. The Hall–Kier alpha value is -2.48. The average Bonchev–Trinajstić information content (AvgIpc) is 2.46. The number of carbonyl (C=O) groups excluding carboxylic acids is 2. The molecule has 0 radical (unpaired) electrons. The van der Waals surface area contributed by atoms with Crippen LogP contribution in [-0.4, -0.2) is 11.6 Å². The van der Waals surface area contributed by atoms with Crippen LogP contribution in [0.25, 0.3) is 6.08 Å². The fourth-order valence-electron chi connectivity index (χ4n) is 1.98. The molecule has 0 saturated heterocycles. The molecule has 2 heteroatoms. The first-order valence-electron chi connectivity index (χ1n) is 6.47. The van der Waals surface area contributed by atoms with Gasteiger partial charge in [0.2, 0.25) is 11.6 Å². The number of rotatable bonds is 4. The molecule has 2 nitrogen and oxygen atoms in total. The molecule has 0 aliphatic rings. The standard InChI is InChI=1S/C18H16O2/c1-13(2)12-15-10-6-7-11-16(15)18(20)17(19)14-8-4-3-5-9-14/h3-12H,1-2H3. The lowest BCUT2D eigenvalue weighted by atomic mass is 9.96. The lowest BCUT2D eigenvalue weighted by Crippen LogP contribution is -2.15. The average molecular weight is 264 g/mol. The van der Waals surface area contributed by atoms with Crippen LogP contribution in [-0.2, 0) is 0 Å². The number of allylic oxidation sites excluding steroid dienone is 1. The molecule has 0 heterocycles. The highest BCUT2D eigenvalue weighted by molar-refractivity contribution is 6.49. The zero-order valence-electron chi connectivity index (χ0n) is 11.6. The molecule has 0 spiro atoms. The second-order valence-corrected chi connectivity index (χ2v) is 4.83. The highest BCUT2D eigenvalue weighted by atomic mass is 16.2. The molecule has 0 atom stereocenters. The van der Waals surface area contributed by atoms with E-state index in [1.165, 1.54) is 0 Å². The van der Waals surface area contributed by atoms with E-state index in [2.05, 4.69) is 0 Å². The first-order chi connectivity index (χ1) is 9.59. The van der Waals surface area contributed by atoms with Crippen LogP contribution >= 0.6 is 0 Å². The van der Waals surface area contributed by atoms with E-state index in [0.29, 0.717) is 11.1 Å². The molecule has 0 aliphatic carbocycles. The lowest BCUT2D eigenvalue weighted by Gasteiger charge is -2.05. The first kappa shape index (κ1) is 13.9. The van der Waals surface area contributed by atoms with Crippen LogP contribution in [0.2, 0.25) is 0 Å². The molecular weight excluding hydrogens is 248 g/mol. The van der Waals surface area contributed by atoms with E-state index in [1.807, 2.05) is 38.1 Å². The fourth-order valence-corrected chi connectivity index (χ4v) is 1.98. The van der Waals surface area contributed by atoms with Crippen molar-refractivity contribution < 1.29 is 9.59 Å². The Morgan fingerprint density at radius 1 is 0.800 bits per heavy atom. The Morgan fingerprint density at radius 3 is 2.05 bits per heavy atom. The predicted octanol–water partition coefficient (Wildman–Crippen LogP) is 4.18. The maximum atomic E-state index is 12.4. The van der Waals surface area contributed by atoms with Gasteiger partial charge in [-0.2, -0.15) is 0 Å². The summed E-state index contributed by atoms with van der Waals surface area (Å²) in [5.41, 5.74) is 2.73. The topological polar surface area (TPSA) is 34.1 Å². The molecule has 20 heavy (non-hydrogen) atoms. The Bertz CT molecular complexity index is 663. The summed E-state index contributed by atoms with van der Waals surface area (Å²) in [6.45, 7) is 3.92. The summed E-state index contributed by atoms with van der Waals surface area (Å²) in [4.78, 5) is 24.6. The lowest BCUT2D eigenvalue weighted by molar-refractivity contribution is 0.0817. The minimum Gasteiger partial charge on any atom is -0.285 e. The van der Waals surface area contributed by atoms with Crippen molar-refractivity contribution in [1.29, 1.82) is 0 Å². The quantitative estimate of drug-likeness (QED) is 0.613. The third-order valence-electron chi connectivity index (χ3n) is 2.89. The second kappa shape index (κ2) is 6.11. The molecule has 100 valence electrons. The van der Waals surface area contributed by atoms with Gasteiger partial charge in [0.1, 0.15) is 0 Å². The van der Waals surface area contributed by atoms with Gasteiger partial charge in [0, 0.05) is 11.1 Å². The zero-order chi connectivity index (χ0) is 14.5. The van der Waals surface area contributed by atoms with Crippen molar-refractivity contribution in [2.24, 2.45) is 0 Å². The Kier molecular flexibility index (Phi) is 4.26. The first-order valence-corrected chi connectivity index (χ1v) is 6.47. The fraction of sp³-hybridized carbons (Fsp3) is 0.111. The smallest absolute Gasteiger partial charge is 0.234 e. The summed E-state index contributed by atoms with van der Waals surface area (Å²) in [6.07, 6.45) is 1.91. The van der Waals surface area contributed by atoms with Gasteiger partial charge in [-0.25, -0.2) is 0 Å². The largest absolute Gasteiger partial charge is 0.285 e. The van der Waals surface area contributed by atoms with Crippen molar-refractivity contribution in [1.82, 2.24) is 0 Å². The molecular formula is C18H16O2. The van der Waals surface area contributed by atoms with Crippen molar-refractivity contribution in [3.63, 3.8) is 0 Å². The van der Waals surface area contributed by atoms with E-state index in [0.717, 1.165) is 11.1 Å². The van der Waals surface area contributed by atoms with Crippen LogP contribution in [0.4, 0.5) is 0 Å². The number of ketones is 2. The van der Waals surface area contributed by atoms with E-state index in [4.69, 9.17) is 0 Å². The number of hydrogen-bond acceptors (Lipinski definition) is 2. The third-order valence-corrected chi connectivity index (χ3v) is 2.89. The molecule has 2 rings (SSSR count). The second-order valence-electron chi connectivity index (χ2n) is 4.83. The van der Waals surface area contributed by atoms with Gasteiger partial charge in [-0.05, 0) is 19.4 Å². The van der Waals surface area contributed by atoms with Gasteiger partial charge in [-0.3, -0.25) is 9.59 Å². The summed E-state index contributed by atoms with van der Waals surface area (Å²) >= 11 is 0. The van der Waals surface area contributed by atoms with Crippen LogP contribution < -0.4 is 0 Å². The number of Topliss-reactive ketones (excluding diaryl/α,β-unsaturated/α-hetero) is 2. The van der Waals surface area contributed by atoms with E-state index in [1.54, 1.807) is 36.4 Å². The Morgan fingerprint density at radius 2 is 1.40 bits per heavy atom. The Balaban J connectivity index is 2.40. The van der Waals surface area contributed by atoms with Gasteiger partial charge < -0.3 is 0 Å². The molecule has 2 aromatic rings. The van der Waals surface area contributed by atoms with Crippen LogP contribution in [0.15, 0.2) is 60.2 Å². The summed E-state index contributed by atoms with van der Waals surface area (Å²) in [5.74, 6) is -0.940. The predicted molar refractivity (Wildman–Crippen MR) is 80.9 cm³/mol. The SMILES string of the molecule is CC(C)=Cc1ccccc1C(=O)C(=O)c1ccccc1. The van der Waals surface area contributed by atoms with E-state index < -0.39 is 11.6 Å². The van der Waals surface area contributed by atoms with Crippen LogP contribution in [0.5, 0.6) is 0 Å². The molecule has 0 unspecified atom stereocenters. The van der Waals surface area contributed by atoms with E-state index >= 15 is 0 Å². The van der Waals surface area contributed by atoms with E-state index in [-0.39, 0.29) is 0 Å². The number of hydrogen-bond donors (Lipinski definition) is 0. The molecule has 0 bridgehead atoms. The van der Waals surface area contributed by atoms with Gasteiger partial charge in [0.05, 0.1) is 0 Å². The van der Waals surface area contributed by atoms with Gasteiger partial charge in [0.15, 0.2) is 0 Å². The van der Waals surface area contributed by atoms with Crippen LogP contribution in [0.3, 0.4) is 0 Å². The maximum absolute atomic E-state index is 12.4. The molecule has 0 amide bonds. The van der Waals surface area contributed by atoms with Crippen molar-refractivity contribution in [3.05, 3.63) is 76.9 Å². The summed E-state index contributed by atoms with van der Waals surface area (Å²) in [5, 5.41) is 0. The number of benzene rings is 2.